The number of rotatable bonds is 7. The summed E-state index contributed by atoms with van der Waals surface area (Å²) >= 11 is 0. The zero-order chi connectivity index (χ0) is 12.9. The fourth-order valence-corrected chi connectivity index (χ4v) is 2.02. The zero-order valence-electron chi connectivity index (χ0n) is 8.42. The minimum atomic E-state index is -4.30. The first-order chi connectivity index (χ1) is 7.11. The number of hydrogen-bond donors (Lipinski definition) is 3. The first-order valence-electron chi connectivity index (χ1n) is 4.26. The van der Waals surface area contributed by atoms with E-state index >= 15 is 0 Å². The number of carbonyl (C=O) groups is 2. The molecule has 1 atom stereocenters. The Labute approximate surface area is 92.7 Å². The highest BCUT2D eigenvalue weighted by molar-refractivity contribution is 7.85. The molecule has 0 aromatic heterocycles. The molecule has 0 aromatic carbocycles. The largest absolute Gasteiger partial charge is 0.481 e. The summed E-state index contributed by atoms with van der Waals surface area (Å²) in [5, 5.41) is 8.51. The van der Waals surface area contributed by atoms with Gasteiger partial charge in [0.05, 0.1) is 5.75 Å². The van der Waals surface area contributed by atoms with Gasteiger partial charge in [-0.2, -0.15) is 8.42 Å². The molecule has 0 rings (SSSR count). The van der Waals surface area contributed by atoms with Crippen molar-refractivity contribution >= 4 is 22.0 Å². The van der Waals surface area contributed by atoms with E-state index in [-0.39, 0.29) is 12.0 Å². The van der Waals surface area contributed by atoms with Crippen LogP contribution in [0.1, 0.15) is 12.8 Å². The van der Waals surface area contributed by atoms with Gasteiger partial charge in [0.25, 0.3) is 10.1 Å². The van der Waals surface area contributed by atoms with Crippen molar-refractivity contribution in [3.05, 3.63) is 12.2 Å². The molecule has 8 heteroatoms. The minimum absolute atomic E-state index is 0.0742. The summed E-state index contributed by atoms with van der Waals surface area (Å²) in [7, 11) is -4.30. The molecule has 0 heterocycles. The molecule has 0 aromatic rings. The van der Waals surface area contributed by atoms with Gasteiger partial charge < -0.3 is 10.8 Å². The Bertz CT molecular complexity index is 399. The minimum Gasteiger partial charge on any atom is -0.481 e. The van der Waals surface area contributed by atoms with E-state index in [4.69, 9.17) is 15.4 Å². The topological polar surface area (TPSA) is 135 Å². The van der Waals surface area contributed by atoms with Crippen LogP contribution < -0.4 is 5.73 Å². The summed E-state index contributed by atoms with van der Waals surface area (Å²) in [6, 6.07) is 0. The van der Waals surface area contributed by atoms with Crippen molar-refractivity contribution in [1.29, 1.82) is 0 Å². The second-order valence-corrected chi connectivity index (χ2v) is 4.88. The normalized spacial score (nSPS) is 13.1. The SMILES string of the molecule is C=C(CC(CC(=O)O)CS(=O)(=O)O)C(N)=O. The first kappa shape index (κ1) is 14.6. The molecule has 0 spiro atoms. The Morgan fingerprint density at radius 2 is 1.81 bits per heavy atom. The third-order valence-electron chi connectivity index (χ3n) is 1.79. The fourth-order valence-electron chi connectivity index (χ4n) is 1.18. The van der Waals surface area contributed by atoms with Crippen LogP contribution >= 0.6 is 0 Å². The maximum Gasteiger partial charge on any atom is 0.303 e. The summed E-state index contributed by atoms with van der Waals surface area (Å²) in [6.07, 6.45) is -0.673. The number of carboxylic acid groups (broad SMARTS) is 1. The standard InChI is InChI=1S/C8H13NO6S/c1-5(8(9)12)2-6(3-7(10)11)4-16(13,14)15/h6H,1-4H2,(H2,9,12)(H,10,11)(H,13,14,15). The van der Waals surface area contributed by atoms with E-state index in [1.165, 1.54) is 0 Å². The molecule has 92 valence electrons. The lowest BCUT2D eigenvalue weighted by molar-refractivity contribution is -0.138. The molecule has 1 amide bonds. The number of aliphatic carboxylic acids is 1. The van der Waals surface area contributed by atoms with Crippen LogP contribution in [0.4, 0.5) is 0 Å². The molecule has 0 saturated heterocycles. The van der Waals surface area contributed by atoms with Crippen molar-refractivity contribution in [2.45, 2.75) is 12.8 Å². The monoisotopic (exact) mass is 251 g/mol. The van der Waals surface area contributed by atoms with Gasteiger partial charge in [0.1, 0.15) is 0 Å². The Morgan fingerprint density at radius 1 is 1.31 bits per heavy atom. The number of hydrogen-bond acceptors (Lipinski definition) is 4. The molecule has 4 N–H and O–H groups in total. The molecule has 0 aliphatic carbocycles. The number of carbonyl (C=O) groups excluding carboxylic acids is 1. The van der Waals surface area contributed by atoms with E-state index in [0.717, 1.165) is 0 Å². The van der Waals surface area contributed by atoms with Gasteiger partial charge in [0, 0.05) is 12.0 Å². The predicted molar refractivity (Wildman–Crippen MR) is 55.1 cm³/mol. The van der Waals surface area contributed by atoms with Gasteiger partial charge >= 0.3 is 5.97 Å². The summed E-state index contributed by atoms with van der Waals surface area (Å²) in [5.74, 6) is -3.73. The summed E-state index contributed by atoms with van der Waals surface area (Å²) in [5.41, 5.74) is 4.81. The van der Waals surface area contributed by atoms with Crippen LogP contribution in [-0.4, -0.2) is 35.7 Å². The van der Waals surface area contributed by atoms with E-state index in [1.807, 2.05) is 0 Å². The van der Waals surface area contributed by atoms with E-state index in [9.17, 15) is 18.0 Å². The Morgan fingerprint density at radius 3 is 2.12 bits per heavy atom. The second kappa shape index (κ2) is 5.61. The highest BCUT2D eigenvalue weighted by atomic mass is 32.2. The van der Waals surface area contributed by atoms with Gasteiger partial charge in [0.2, 0.25) is 5.91 Å². The van der Waals surface area contributed by atoms with Gasteiger partial charge in [-0.25, -0.2) is 0 Å². The molecule has 0 aliphatic rings. The highest BCUT2D eigenvalue weighted by Crippen LogP contribution is 2.16. The lowest BCUT2D eigenvalue weighted by Gasteiger charge is -2.12. The molecule has 16 heavy (non-hydrogen) atoms. The van der Waals surface area contributed by atoms with E-state index in [0.29, 0.717) is 0 Å². The molecule has 1 unspecified atom stereocenters. The van der Waals surface area contributed by atoms with E-state index in [1.54, 1.807) is 0 Å². The molecule has 0 radical (unpaired) electrons. The maximum absolute atomic E-state index is 10.6. The van der Waals surface area contributed by atoms with Crippen LogP contribution in [0.25, 0.3) is 0 Å². The lowest BCUT2D eigenvalue weighted by atomic mass is 9.98. The van der Waals surface area contributed by atoms with Crippen LogP contribution in [0.15, 0.2) is 12.2 Å². The van der Waals surface area contributed by atoms with Crippen molar-refractivity contribution in [1.82, 2.24) is 0 Å². The van der Waals surface area contributed by atoms with Gasteiger partial charge in [-0.3, -0.25) is 14.1 Å². The third-order valence-corrected chi connectivity index (χ3v) is 2.69. The molecular weight excluding hydrogens is 238 g/mol. The number of primary amides is 1. The van der Waals surface area contributed by atoms with Crippen molar-refractivity contribution in [3.63, 3.8) is 0 Å². The van der Waals surface area contributed by atoms with Crippen LogP contribution in [0.5, 0.6) is 0 Å². The number of carboxylic acids is 1. The van der Waals surface area contributed by atoms with Crippen molar-refractivity contribution in [2.75, 3.05) is 5.75 Å². The molecule has 0 saturated carbocycles. The average Bonchev–Trinajstić information content (AvgIpc) is 1.98. The van der Waals surface area contributed by atoms with Gasteiger partial charge in [0.15, 0.2) is 0 Å². The zero-order valence-corrected chi connectivity index (χ0v) is 9.24. The van der Waals surface area contributed by atoms with E-state index in [2.05, 4.69) is 6.58 Å². The molecule has 7 nitrogen and oxygen atoms in total. The van der Waals surface area contributed by atoms with Crippen molar-refractivity contribution in [3.8, 4) is 0 Å². The number of nitrogens with two attached hydrogens (primary N) is 1. The van der Waals surface area contributed by atoms with Crippen LogP contribution in [0, 0.1) is 5.92 Å². The number of amides is 1. The second-order valence-electron chi connectivity index (χ2n) is 3.38. The Balaban J connectivity index is 4.62. The predicted octanol–water partition coefficient (Wildman–Crippen LogP) is -0.603. The fraction of sp³-hybridized carbons (Fsp3) is 0.500. The summed E-state index contributed by atoms with van der Waals surface area (Å²) in [4.78, 5) is 21.1. The van der Waals surface area contributed by atoms with Crippen molar-refractivity contribution < 1.29 is 27.7 Å². The molecule has 0 bridgehead atoms. The van der Waals surface area contributed by atoms with Crippen molar-refractivity contribution in [2.24, 2.45) is 11.7 Å². The third kappa shape index (κ3) is 6.96. The van der Waals surface area contributed by atoms with E-state index < -0.39 is 40.1 Å². The quantitative estimate of drug-likeness (QED) is 0.408. The van der Waals surface area contributed by atoms with Crippen LogP contribution in [0.2, 0.25) is 0 Å². The van der Waals surface area contributed by atoms with Gasteiger partial charge in [-0.1, -0.05) is 6.58 Å². The van der Waals surface area contributed by atoms with Crippen LogP contribution in [-0.2, 0) is 19.7 Å². The van der Waals surface area contributed by atoms with Gasteiger partial charge in [-0.05, 0) is 12.3 Å². The first-order valence-corrected chi connectivity index (χ1v) is 5.87. The molecule has 0 fully saturated rings. The Kier molecular flexibility index (Phi) is 5.12. The highest BCUT2D eigenvalue weighted by Gasteiger charge is 2.22. The molecule has 0 aliphatic heterocycles. The maximum atomic E-state index is 10.6. The smallest absolute Gasteiger partial charge is 0.303 e. The van der Waals surface area contributed by atoms with Crippen LogP contribution in [0.3, 0.4) is 0 Å². The average molecular weight is 251 g/mol. The lowest BCUT2D eigenvalue weighted by Crippen LogP contribution is -2.22. The summed E-state index contributed by atoms with van der Waals surface area (Å²) < 4.78 is 29.8. The Hall–Kier alpha value is -1.41. The van der Waals surface area contributed by atoms with Gasteiger partial charge in [-0.15, -0.1) is 0 Å². The summed E-state index contributed by atoms with van der Waals surface area (Å²) in [6.45, 7) is 3.29. The molecular formula is C8H13NO6S.